The van der Waals surface area contributed by atoms with Crippen LogP contribution < -0.4 is 14.4 Å². The van der Waals surface area contributed by atoms with Gasteiger partial charge in [-0.15, -0.1) is 0 Å². The summed E-state index contributed by atoms with van der Waals surface area (Å²) in [4.78, 5) is 28.0. The van der Waals surface area contributed by atoms with Gasteiger partial charge in [-0.2, -0.15) is 0 Å². The maximum absolute atomic E-state index is 13.3. The highest BCUT2D eigenvalue weighted by Gasteiger charge is 2.47. The van der Waals surface area contributed by atoms with Gasteiger partial charge in [-0.1, -0.05) is 43.3 Å². The lowest BCUT2D eigenvalue weighted by Crippen LogP contribution is -2.29. The van der Waals surface area contributed by atoms with Crippen LogP contribution in [0.1, 0.15) is 29.7 Å². The maximum Gasteiger partial charge on any atom is 0.300 e. The predicted molar refractivity (Wildman–Crippen MR) is 127 cm³/mol. The van der Waals surface area contributed by atoms with E-state index in [0.29, 0.717) is 28.3 Å². The third-order valence-corrected chi connectivity index (χ3v) is 5.84. The number of aliphatic hydroxyl groups is 1. The van der Waals surface area contributed by atoms with Crippen LogP contribution in [0.5, 0.6) is 11.5 Å². The summed E-state index contributed by atoms with van der Waals surface area (Å²) in [6, 6.07) is 20.6. The normalized spacial score (nSPS) is 17.3. The van der Waals surface area contributed by atoms with Crippen molar-refractivity contribution in [1.29, 1.82) is 0 Å². The number of benzene rings is 3. The second kappa shape index (κ2) is 9.20. The van der Waals surface area contributed by atoms with Crippen LogP contribution >= 0.6 is 0 Å². The minimum Gasteiger partial charge on any atom is -0.507 e. The molecule has 1 N–H and O–H groups in total. The smallest absolute Gasteiger partial charge is 0.300 e. The van der Waals surface area contributed by atoms with Gasteiger partial charge in [-0.3, -0.25) is 14.5 Å². The molecule has 4 rings (SSSR count). The second-order valence-electron chi connectivity index (χ2n) is 7.67. The first kappa shape index (κ1) is 22.1. The van der Waals surface area contributed by atoms with E-state index in [1.165, 1.54) is 12.0 Å². The Morgan fingerprint density at radius 1 is 0.939 bits per heavy atom. The van der Waals surface area contributed by atoms with Gasteiger partial charge in [-0.05, 0) is 53.9 Å². The van der Waals surface area contributed by atoms with Gasteiger partial charge < -0.3 is 14.6 Å². The van der Waals surface area contributed by atoms with E-state index in [2.05, 4.69) is 0 Å². The first-order valence-electron chi connectivity index (χ1n) is 10.7. The van der Waals surface area contributed by atoms with Crippen molar-refractivity contribution in [2.24, 2.45) is 0 Å². The van der Waals surface area contributed by atoms with Gasteiger partial charge in [0.1, 0.15) is 17.3 Å². The SMILES string of the molecule is CCc1ccc(N2C(=O)C(=O)/C(=C(\O)c3ccccc3OC)C2c2cccc(OC)c2)cc1. The number of nitrogens with zero attached hydrogens (tertiary/aromatic N) is 1. The topological polar surface area (TPSA) is 76.1 Å². The number of aliphatic hydroxyl groups excluding tert-OH is 1. The van der Waals surface area contributed by atoms with Crippen LogP contribution in [0.25, 0.3) is 5.76 Å². The molecule has 1 aliphatic heterocycles. The molecule has 0 saturated carbocycles. The Bertz CT molecular complexity index is 1230. The number of anilines is 1. The minimum absolute atomic E-state index is 0.00248. The van der Waals surface area contributed by atoms with Gasteiger partial charge in [0.2, 0.25) is 0 Å². The standard InChI is InChI=1S/C27H25NO5/c1-4-17-12-14-19(15-13-17)28-24(18-8-7-9-20(16-18)32-2)23(26(30)27(28)31)25(29)21-10-5-6-11-22(21)33-3/h5-16,24,29H,4H2,1-3H3/b25-23-. The van der Waals surface area contributed by atoms with Crippen LogP contribution in [0.4, 0.5) is 5.69 Å². The number of carbonyl (C=O) groups is 2. The largest absolute Gasteiger partial charge is 0.507 e. The fourth-order valence-electron chi connectivity index (χ4n) is 4.10. The number of methoxy groups -OCH3 is 2. The van der Waals surface area contributed by atoms with Crippen LogP contribution in [0, 0.1) is 0 Å². The number of amides is 1. The number of hydrogen-bond donors (Lipinski definition) is 1. The summed E-state index contributed by atoms with van der Waals surface area (Å²) in [6.07, 6.45) is 0.853. The van der Waals surface area contributed by atoms with E-state index in [1.807, 2.05) is 37.3 Å². The summed E-state index contributed by atoms with van der Waals surface area (Å²) in [5.74, 6) is -0.768. The Morgan fingerprint density at radius 2 is 1.67 bits per heavy atom. The average Bonchev–Trinajstić information content (AvgIpc) is 3.13. The van der Waals surface area contributed by atoms with Gasteiger partial charge in [0.15, 0.2) is 0 Å². The molecule has 0 spiro atoms. The molecule has 33 heavy (non-hydrogen) atoms. The highest BCUT2D eigenvalue weighted by Crippen LogP contribution is 2.43. The lowest BCUT2D eigenvalue weighted by molar-refractivity contribution is -0.132. The second-order valence-corrected chi connectivity index (χ2v) is 7.67. The van der Waals surface area contributed by atoms with Gasteiger partial charge in [0.05, 0.1) is 31.4 Å². The van der Waals surface area contributed by atoms with Gasteiger partial charge in [0.25, 0.3) is 11.7 Å². The molecule has 3 aromatic rings. The zero-order chi connectivity index (χ0) is 23.5. The lowest BCUT2D eigenvalue weighted by atomic mass is 9.94. The molecule has 6 nitrogen and oxygen atoms in total. The molecule has 1 fully saturated rings. The van der Waals surface area contributed by atoms with Crippen molar-refractivity contribution < 1.29 is 24.2 Å². The fraction of sp³-hybridized carbons (Fsp3) is 0.185. The molecule has 6 heteroatoms. The Kier molecular flexibility index (Phi) is 6.18. The Balaban J connectivity index is 1.96. The maximum atomic E-state index is 13.3. The predicted octanol–water partition coefficient (Wildman–Crippen LogP) is 4.89. The molecule has 0 aromatic heterocycles. The summed E-state index contributed by atoms with van der Waals surface area (Å²) < 4.78 is 10.7. The van der Waals surface area contributed by atoms with E-state index in [1.54, 1.807) is 49.6 Å². The van der Waals surface area contributed by atoms with Crippen molar-refractivity contribution in [3.05, 3.63) is 95.1 Å². The van der Waals surface area contributed by atoms with Crippen molar-refractivity contribution in [2.75, 3.05) is 19.1 Å². The minimum atomic E-state index is -0.836. The van der Waals surface area contributed by atoms with Gasteiger partial charge in [-0.25, -0.2) is 0 Å². The highest BCUT2D eigenvalue weighted by molar-refractivity contribution is 6.51. The molecule has 1 unspecified atom stereocenters. The summed E-state index contributed by atoms with van der Waals surface area (Å²) in [5.41, 5.74) is 2.66. The van der Waals surface area contributed by atoms with Gasteiger partial charge >= 0.3 is 0 Å². The van der Waals surface area contributed by atoms with Crippen molar-refractivity contribution in [2.45, 2.75) is 19.4 Å². The Morgan fingerprint density at radius 3 is 2.33 bits per heavy atom. The number of Topliss-reactive ketones (excluding diaryl/α,β-unsaturated/α-hetero) is 1. The van der Waals surface area contributed by atoms with Gasteiger partial charge in [0, 0.05) is 5.69 Å². The lowest BCUT2D eigenvalue weighted by Gasteiger charge is -2.26. The first-order chi connectivity index (χ1) is 16.0. The molecule has 0 bridgehead atoms. The van der Waals surface area contributed by atoms with Crippen LogP contribution in [-0.2, 0) is 16.0 Å². The molecule has 1 atom stereocenters. The zero-order valence-electron chi connectivity index (χ0n) is 18.7. The van der Waals surface area contributed by atoms with Crippen molar-refractivity contribution in [3.8, 4) is 11.5 Å². The number of ketones is 1. The molecular weight excluding hydrogens is 418 g/mol. The molecule has 0 radical (unpaired) electrons. The van der Waals surface area contributed by atoms with Crippen molar-refractivity contribution >= 4 is 23.1 Å². The van der Waals surface area contributed by atoms with Crippen LogP contribution in [0.15, 0.2) is 78.4 Å². The van der Waals surface area contributed by atoms with Crippen molar-refractivity contribution in [3.63, 3.8) is 0 Å². The van der Waals surface area contributed by atoms with Crippen LogP contribution in [-0.4, -0.2) is 31.0 Å². The highest BCUT2D eigenvalue weighted by atomic mass is 16.5. The Hall–Kier alpha value is -4.06. The van der Waals surface area contributed by atoms with Crippen LogP contribution in [0.2, 0.25) is 0 Å². The zero-order valence-corrected chi connectivity index (χ0v) is 18.7. The number of para-hydroxylation sites is 1. The molecule has 1 heterocycles. The summed E-state index contributed by atoms with van der Waals surface area (Å²) in [5, 5.41) is 11.3. The fourth-order valence-corrected chi connectivity index (χ4v) is 4.10. The van der Waals surface area contributed by atoms with E-state index < -0.39 is 17.7 Å². The molecule has 0 aliphatic carbocycles. The molecule has 1 aliphatic rings. The summed E-state index contributed by atoms with van der Waals surface area (Å²) in [7, 11) is 3.04. The van der Waals surface area contributed by atoms with E-state index in [9.17, 15) is 14.7 Å². The van der Waals surface area contributed by atoms with E-state index in [4.69, 9.17) is 9.47 Å². The quantitative estimate of drug-likeness (QED) is 0.333. The average molecular weight is 443 g/mol. The van der Waals surface area contributed by atoms with E-state index in [-0.39, 0.29) is 11.3 Å². The third-order valence-electron chi connectivity index (χ3n) is 5.84. The van der Waals surface area contributed by atoms with Crippen LogP contribution in [0.3, 0.4) is 0 Å². The number of hydrogen-bond acceptors (Lipinski definition) is 5. The number of aryl methyl sites for hydroxylation is 1. The van der Waals surface area contributed by atoms with E-state index in [0.717, 1.165) is 12.0 Å². The monoisotopic (exact) mass is 443 g/mol. The third kappa shape index (κ3) is 3.96. The number of carbonyl (C=O) groups excluding carboxylic acids is 2. The summed E-state index contributed by atoms with van der Waals surface area (Å²) in [6.45, 7) is 2.05. The molecule has 1 amide bonds. The number of rotatable bonds is 6. The molecule has 3 aromatic carbocycles. The molecule has 1 saturated heterocycles. The first-order valence-corrected chi connectivity index (χ1v) is 10.7. The molecule has 168 valence electrons. The van der Waals surface area contributed by atoms with E-state index >= 15 is 0 Å². The van der Waals surface area contributed by atoms with Crippen molar-refractivity contribution in [1.82, 2.24) is 0 Å². The summed E-state index contributed by atoms with van der Waals surface area (Å²) >= 11 is 0. The number of ether oxygens (including phenoxy) is 2. The Labute approximate surface area is 192 Å². The molecular formula is C27H25NO5.